The van der Waals surface area contributed by atoms with E-state index in [1.54, 1.807) is 42.5 Å². The lowest BCUT2D eigenvalue weighted by molar-refractivity contribution is -0.121. The maximum atomic E-state index is 13.2. The Kier molecular flexibility index (Phi) is 8.31. The van der Waals surface area contributed by atoms with Crippen LogP contribution in [0.4, 0.5) is 0 Å². The zero-order valence-corrected chi connectivity index (χ0v) is 18.2. The number of sulfonamides is 1. The number of hydrogen-bond donors (Lipinski definition) is 1. The van der Waals surface area contributed by atoms with E-state index in [1.165, 1.54) is 0 Å². The summed E-state index contributed by atoms with van der Waals surface area (Å²) in [7, 11) is -3.87. The normalized spacial score (nSPS) is 11.6. The van der Waals surface area contributed by atoms with Crippen LogP contribution in [0.1, 0.15) is 30.9 Å². The predicted molar refractivity (Wildman–Crippen MR) is 113 cm³/mol. The van der Waals surface area contributed by atoms with Crippen LogP contribution in [-0.4, -0.2) is 31.7 Å². The molecule has 0 saturated carbocycles. The highest BCUT2D eigenvalue weighted by Crippen LogP contribution is 2.25. The van der Waals surface area contributed by atoms with Gasteiger partial charge in [-0.15, -0.1) is 0 Å². The lowest BCUT2D eigenvalue weighted by Crippen LogP contribution is -2.40. The highest BCUT2D eigenvalue weighted by atomic mass is 35.5. The summed E-state index contributed by atoms with van der Waals surface area (Å²) in [5.74, 6) is -0.343. The molecule has 0 aliphatic carbocycles. The number of hydrogen-bond acceptors (Lipinski definition) is 3. The van der Waals surface area contributed by atoms with Crippen molar-refractivity contribution in [1.29, 1.82) is 0 Å². The second-order valence-electron chi connectivity index (χ2n) is 6.54. The summed E-state index contributed by atoms with van der Waals surface area (Å²) in [6, 6.07) is 11.5. The molecule has 28 heavy (non-hydrogen) atoms. The number of nitrogens with one attached hydrogen (secondary N) is 1. The molecule has 0 heterocycles. The fraction of sp³-hybridized carbons (Fsp3) is 0.350. The Morgan fingerprint density at radius 2 is 1.75 bits per heavy atom. The number of amides is 1. The van der Waals surface area contributed by atoms with E-state index in [2.05, 4.69) is 5.32 Å². The number of carbonyl (C=O) groups excluding carboxylic acids is 1. The molecule has 1 N–H and O–H groups in total. The van der Waals surface area contributed by atoms with Gasteiger partial charge in [-0.1, -0.05) is 60.3 Å². The van der Waals surface area contributed by atoms with Gasteiger partial charge in [0.05, 0.1) is 21.5 Å². The summed E-state index contributed by atoms with van der Waals surface area (Å²) in [4.78, 5) is 12.4. The summed E-state index contributed by atoms with van der Waals surface area (Å²) in [5, 5.41) is 3.48. The molecular weight excluding hydrogens is 419 g/mol. The van der Waals surface area contributed by atoms with Crippen LogP contribution in [0.3, 0.4) is 0 Å². The second-order valence-corrected chi connectivity index (χ2v) is 9.29. The average Bonchev–Trinajstić information content (AvgIpc) is 2.64. The maximum absolute atomic E-state index is 13.2. The van der Waals surface area contributed by atoms with Gasteiger partial charge in [-0.2, -0.15) is 4.31 Å². The van der Waals surface area contributed by atoms with Gasteiger partial charge in [-0.25, -0.2) is 8.42 Å². The lowest BCUT2D eigenvalue weighted by atomic mass is 10.2. The minimum Gasteiger partial charge on any atom is -0.355 e. The van der Waals surface area contributed by atoms with Gasteiger partial charge in [0, 0.05) is 13.1 Å². The van der Waals surface area contributed by atoms with Crippen LogP contribution in [0.5, 0.6) is 0 Å². The fourth-order valence-electron chi connectivity index (χ4n) is 2.55. The highest BCUT2D eigenvalue weighted by molar-refractivity contribution is 7.89. The molecule has 0 saturated heterocycles. The van der Waals surface area contributed by atoms with Gasteiger partial charge < -0.3 is 5.32 Å². The lowest BCUT2D eigenvalue weighted by Gasteiger charge is -2.22. The van der Waals surface area contributed by atoms with Gasteiger partial charge >= 0.3 is 0 Å². The van der Waals surface area contributed by atoms with Crippen molar-refractivity contribution in [1.82, 2.24) is 9.62 Å². The van der Waals surface area contributed by atoms with Crippen LogP contribution in [0.15, 0.2) is 47.4 Å². The standard InChI is InChI=1S/C20H24Cl2N2O3S/c1-3-4-11-23-20(25)14-24(13-16-7-10-18(21)19(22)12-16)28(26,27)17-8-5-15(2)6-9-17/h5-10,12H,3-4,11,13-14H2,1-2H3,(H,23,25). The molecule has 0 aliphatic heterocycles. The van der Waals surface area contributed by atoms with Crippen molar-refractivity contribution in [2.24, 2.45) is 0 Å². The van der Waals surface area contributed by atoms with Gasteiger partial charge in [0.15, 0.2) is 0 Å². The van der Waals surface area contributed by atoms with Crippen LogP contribution in [-0.2, 0) is 21.4 Å². The van der Waals surface area contributed by atoms with Crippen molar-refractivity contribution in [3.63, 3.8) is 0 Å². The SMILES string of the molecule is CCCCNC(=O)CN(Cc1ccc(Cl)c(Cl)c1)S(=O)(=O)c1ccc(C)cc1. The third-order valence-electron chi connectivity index (χ3n) is 4.17. The number of nitrogens with zero attached hydrogens (tertiary/aromatic N) is 1. The Morgan fingerprint density at radius 3 is 2.36 bits per heavy atom. The van der Waals surface area contributed by atoms with Gasteiger partial charge in [0.1, 0.15) is 0 Å². The Bertz CT molecular complexity index is 916. The molecule has 2 aromatic rings. The van der Waals surface area contributed by atoms with Crippen LogP contribution < -0.4 is 5.32 Å². The van der Waals surface area contributed by atoms with Crippen molar-refractivity contribution in [2.45, 2.75) is 38.1 Å². The zero-order valence-electron chi connectivity index (χ0n) is 15.9. The fourth-order valence-corrected chi connectivity index (χ4v) is 4.25. The summed E-state index contributed by atoms with van der Waals surface area (Å²) in [6.45, 7) is 4.14. The highest BCUT2D eigenvalue weighted by Gasteiger charge is 2.27. The van der Waals surface area contributed by atoms with E-state index in [9.17, 15) is 13.2 Å². The number of unbranched alkanes of at least 4 members (excludes halogenated alkanes) is 1. The van der Waals surface area contributed by atoms with Crippen molar-refractivity contribution in [2.75, 3.05) is 13.1 Å². The van der Waals surface area contributed by atoms with E-state index in [4.69, 9.17) is 23.2 Å². The largest absolute Gasteiger partial charge is 0.355 e. The topological polar surface area (TPSA) is 66.5 Å². The first-order valence-corrected chi connectivity index (χ1v) is 11.2. The number of halogens is 2. The molecule has 0 spiro atoms. The van der Waals surface area contributed by atoms with E-state index in [-0.39, 0.29) is 23.9 Å². The smallest absolute Gasteiger partial charge is 0.243 e. The van der Waals surface area contributed by atoms with Crippen molar-refractivity contribution >= 4 is 39.1 Å². The monoisotopic (exact) mass is 442 g/mol. The Balaban J connectivity index is 2.30. The van der Waals surface area contributed by atoms with Crippen molar-refractivity contribution < 1.29 is 13.2 Å². The quantitative estimate of drug-likeness (QED) is 0.584. The van der Waals surface area contributed by atoms with Gasteiger partial charge in [0.2, 0.25) is 15.9 Å². The third-order valence-corrected chi connectivity index (χ3v) is 6.72. The first kappa shape index (κ1) is 22.7. The van der Waals surface area contributed by atoms with Gasteiger partial charge in [-0.05, 0) is 43.2 Å². The van der Waals surface area contributed by atoms with E-state index in [0.29, 0.717) is 22.2 Å². The minimum absolute atomic E-state index is 0.00823. The number of benzene rings is 2. The zero-order chi connectivity index (χ0) is 20.7. The van der Waals surface area contributed by atoms with E-state index >= 15 is 0 Å². The van der Waals surface area contributed by atoms with Gasteiger partial charge in [-0.3, -0.25) is 4.79 Å². The first-order chi connectivity index (χ1) is 13.2. The molecule has 2 aromatic carbocycles. The molecule has 0 unspecified atom stereocenters. The average molecular weight is 443 g/mol. The van der Waals surface area contributed by atoms with Crippen LogP contribution >= 0.6 is 23.2 Å². The van der Waals surface area contributed by atoms with E-state index in [1.807, 2.05) is 13.8 Å². The molecular formula is C20H24Cl2N2O3S. The molecule has 0 aliphatic rings. The van der Waals surface area contributed by atoms with Crippen molar-refractivity contribution in [3.05, 3.63) is 63.6 Å². The Morgan fingerprint density at radius 1 is 1.07 bits per heavy atom. The number of aryl methyl sites for hydroxylation is 1. The Hall–Kier alpha value is -1.60. The van der Waals surface area contributed by atoms with E-state index < -0.39 is 10.0 Å². The molecule has 0 bridgehead atoms. The molecule has 152 valence electrons. The molecule has 0 atom stereocenters. The molecule has 8 heteroatoms. The van der Waals surface area contributed by atoms with Crippen LogP contribution in [0, 0.1) is 6.92 Å². The molecule has 0 radical (unpaired) electrons. The maximum Gasteiger partial charge on any atom is 0.243 e. The summed E-state index contributed by atoms with van der Waals surface area (Å²) >= 11 is 12.0. The molecule has 1 amide bonds. The minimum atomic E-state index is -3.87. The second kappa shape index (κ2) is 10.3. The van der Waals surface area contributed by atoms with Crippen LogP contribution in [0.25, 0.3) is 0 Å². The number of carbonyl (C=O) groups is 1. The molecule has 0 aromatic heterocycles. The summed E-state index contributed by atoms with van der Waals surface area (Å²) in [6.07, 6.45) is 1.78. The number of rotatable bonds is 9. The molecule has 2 rings (SSSR count). The summed E-state index contributed by atoms with van der Waals surface area (Å²) < 4.78 is 27.5. The van der Waals surface area contributed by atoms with Crippen LogP contribution in [0.2, 0.25) is 10.0 Å². The Labute approximate surface area is 176 Å². The molecule has 5 nitrogen and oxygen atoms in total. The van der Waals surface area contributed by atoms with E-state index in [0.717, 1.165) is 22.7 Å². The predicted octanol–water partition coefficient (Wildman–Crippen LogP) is 4.41. The summed E-state index contributed by atoms with van der Waals surface area (Å²) in [5.41, 5.74) is 1.60. The first-order valence-electron chi connectivity index (χ1n) is 9.01. The molecule has 0 fully saturated rings. The van der Waals surface area contributed by atoms with Crippen molar-refractivity contribution in [3.8, 4) is 0 Å². The third kappa shape index (κ3) is 6.21. The van der Waals surface area contributed by atoms with Gasteiger partial charge in [0.25, 0.3) is 0 Å².